The maximum atomic E-state index is 12.3. The first-order chi connectivity index (χ1) is 12.6. The molecule has 1 heterocycles. The number of urea groups is 2. The number of hydrogen-bond donors (Lipinski definition) is 3. The molecule has 1 aliphatic rings. The largest absolute Gasteiger partial charge is 0.383 e. The van der Waals surface area contributed by atoms with Gasteiger partial charge in [0.2, 0.25) is 0 Å². The van der Waals surface area contributed by atoms with Crippen LogP contribution in [-0.4, -0.2) is 56.9 Å². The summed E-state index contributed by atoms with van der Waals surface area (Å²) in [7, 11) is 1.60. The number of ether oxygens (including phenoxy) is 1. The van der Waals surface area contributed by atoms with Gasteiger partial charge in [-0.2, -0.15) is 0 Å². The van der Waals surface area contributed by atoms with Gasteiger partial charge in [-0.05, 0) is 43.4 Å². The molecule has 7 nitrogen and oxygen atoms in total. The number of piperidine rings is 1. The van der Waals surface area contributed by atoms with E-state index in [4.69, 9.17) is 16.3 Å². The lowest BCUT2D eigenvalue weighted by Crippen LogP contribution is -2.42. The minimum atomic E-state index is -0.166. The van der Waals surface area contributed by atoms with Crippen LogP contribution < -0.4 is 16.0 Å². The first kappa shape index (κ1) is 20.3. The van der Waals surface area contributed by atoms with Crippen LogP contribution in [0.1, 0.15) is 19.3 Å². The van der Waals surface area contributed by atoms with Crippen molar-refractivity contribution in [1.82, 2.24) is 15.5 Å². The van der Waals surface area contributed by atoms with Crippen LogP contribution in [0.25, 0.3) is 0 Å². The Bertz CT molecular complexity index is 592. The number of carbonyl (C=O) groups is 2. The number of likely N-dealkylation sites (tertiary alicyclic amines) is 1. The van der Waals surface area contributed by atoms with E-state index in [9.17, 15) is 9.59 Å². The van der Waals surface area contributed by atoms with Crippen molar-refractivity contribution in [3.8, 4) is 0 Å². The van der Waals surface area contributed by atoms with Crippen LogP contribution in [0.4, 0.5) is 15.3 Å². The van der Waals surface area contributed by atoms with E-state index in [0.717, 1.165) is 32.4 Å². The zero-order chi connectivity index (χ0) is 18.8. The molecule has 8 heteroatoms. The lowest BCUT2D eigenvalue weighted by Gasteiger charge is -2.32. The van der Waals surface area contributed by atoms with Gasteiger partial charge in [0, 0.05) is 44.0 Å². The van der Waals surface area contributed by atoms with Gasteiger partial charge in [-0.3, -0.25) is 0 Å². The molecule has 4 amide bonds. The normalized spacial score (nSPS) is 14.8. The van der Waals surface area contributed by atoms with Gasteiger partial charge in [-0.15, -0.1) is 0 Å². The number of halogens is 1. The minimum Gasteiger partial charge on any atom is -0.383 e. The molecule has 3 N–H and O–H groups in total. The van der Waals surface area contributed by atoms with Crippen LogP contribution >= 0.6 is 11.6 Å². The van der Waals surface area contributed by atoms with Crippen molar-refractivity contribution in [3.63, 3.8) is 0 Å². The Morgan fingerprint density at radius 3 is 2.65 bits per heavy atom. The van der Waals surface area contributed by atoms with Gasteiger partial charge >= 0.3 is 12.1 Å². The predicted octanol–water partition coefficient (Wildman–Crippen LogP) is 2.92. The molecule has 144 valence electrons. The summed E-state index contributed by atoms with van der Waals surface area (Å²) in [4.78, 5) is 25.7. The number of nitrogens with zero attached hydrogens (tertiary/aromatic N) is 1. The van der Waals surface area contributed by atoms with E-state index in [0.29, 0.717) is 36.3 Å². The molecule has 0 unspecified atom stereocenters. The second-order valence-corrected chi connectivity index (χ2v) is 6.77. The Labute approximate surface area is 159 Å². The average molecular weight is 383 g/mol. The Morgan fingerprint density at radius 2 is 1.96 bits per heavy atom. The molecular formula is C18H27ClN4O3. The Kier molecular flexibility index (Phi) is 8.50. The van der Waals surface area contributed by atoms with Crippen LogP contribution in [0.3, 0.4) is 0 Å². The minimum absolute atomic E-state index is 0.0960. The van der Waals surface area contributed by atoms with Gasteiger partial charge in [0.25, 0.3) is 0 Å². The van der Waals surface area contributed by atoms with Crippen molar-refractivity contribution in [3.05, 3.63) is 29.3 Å². The summed E-state index contributed by atoms with van der Waals surface area (Å²) in [5.74, 6) is 0.518. The summed E-state index contributed by atoms with van der Waals surface area (Å²) in [6, 6.07) is 6.87. The molecule has 26 heavy (non-hydrogen) atoms. The van der Waals surface area contributed by atoms with E-state index in [1.54, 1.807) is 19.2 Å². The van der Waals surface area contributed by atoms with E-state index < -0.39 is 0 Å². The predicted molar refractivity (Wildman–Crippen MR) is 103 cm³/mol. The number of nitrogens with one attached hydrogen (secondary N) is 3. The maximum Gasteiger partial charge on any atom is 0.321 e. The lowest BCUT2D eigenvalue weighted by atomic mass is 9.94. The van der Waals surface area contributed by atoms with E-state index in [1.807, 2.05) is 17.0 Å². The average Bonchev–Trinajstić information content (AvgIpc) is 2.62. The molecule has 1 aromatic carbocycles. The third kappa shape index (κ3) is 7.09. The summed E-state index contributed by atoms with van der Waals surface area (Å²) >= 11 is 5.93. The number of amides is 4. The number of carbonyl (C=O) groups excluding carboxylic acids is 2. The van der Waals surface area contributed by atoms with Crippen LogP contribution in [0.5, 0.6) is 0 Å². The number of methoxy groups -OCH3 is 1. The molecular weight excluding hydrogens is 356 g/mol. The summed E-state index contributed by atoms with van der Waals surface area (Å²) in [6.45, 7) is 3.08. The third-order valence-corrected chi connectivity index (χ3v) is 4.64. The summed E-state index contributed by atoms with van der Waals surface area (Å²) in [5.41, 5.74) is 0.702. The molecule has 0 aliphatic carbocycles. The number of rotatable bonds is 7. The van der Waals surface area contributed by atoms with Crippen molar-refractivity contribution in [2.24, 2.45) is 5.92 Å². The second kappa shape index (κ2) is 10.9. The molecule has 1 fully saturated rings. The quantitative estimate of drug-likeness (QED) is 0.634. The van der Waals surface area contributed by atoms with Gasteiger partial charge < -0.3 is 25.6 Å². The maximum absolute atomic E-state index is 12.3. The Balaban J connectivity index is 1.62. The van der Waals surface area contributed by atoms with Gasteiger partial charge in [0.1, 0.15) is 0 Å². The van der Waals surface area contributed by atoms with E-state index >= 15 is 0 Å². The Hall–Kier alpha value is -1.99. The highest BCUT2D eigenvalue weighted by atomic mass is 35.5. The zero-order valence-corrected chi connectivity index (χ0v) is 15.8. The van der Waals surface area contributed by atoms with Crippen molar-refractivity contribution < 1.29 is 14.3 Å². The topological polar surface area (TPSA) is 82.7 Å². The lowest BCUT2D eigenvalue weighted by molar-refractivity contribution is 0.179. The summed E-state index contributed by atoms with van der Waals surface area (Å²) in [5, 5.41) is 9.05. The van der Waals surface area contributed by atoms with Crippen molar-refractivity contribution in [2.75, 3.05) is 45.2 Å². The monoisotopic (exact) mass is 382 g/mol. The highest BCUT2D eigenvalue weighted by Crippen LogP contribution is 2.21. The standard InChI is InChI=1S/C18H27ClN4O3/c1-26-12-9-21-17(24)20-8-5-14-6-10-23(11-7-14)18(25)22-16-4-2-3-15(19)13-16/h2-4,13-14H,5-12H2,1H3,(H,22,25)(H2,20,21,24). The van der Waals surface area contributed by atoms with Crippen LogP contribution in [-0.2, 0) is 4.74 Å². The van der Waals surface area contributed by atoms with Crippen LogP contribution in [0, 0.1) is 5.92 Å². The molecule has 1 aliphatic heterocycles. The van der Waals surface area contributed by atoms with E-state index in [2.05, 4.69) is 16.0 Å². The SMILES string of the molecule is COCCNC(=O)NCCC1CCN(C(=O)Nc2cccc(Cl)c2)CC1. The van der Waals surface area contributed by atoms with Crippen LogP contribution in [0.2, 0.25) is 5.02 Å². The first-order valence-corrected chi connectivity index (χ1v) is 9.28. The number of hydrogen-bond acceptors (Lipinski definition) is 3. The smallest absolute Gasteiger partial charge is 0.321 e. The first-order valence-electron chi connectivity index (χ1n) is 8.90. The van der Waals surface area contributed by atoms with Gasteiger partial charge in [0.15, 0.2) is 0 Å². The van der Waals surface area contributed by atoms with Gasteiger partial charge in [-0.25, -0.2) is 9.59 Å². The number of benzene rings is 1. The molecule has 0 radical (unpaired) electrons. The second-order valence-electron chi connectivity index (χ2n) is 6.34. The van der Waals surface area contributed by atoms with Crippen LogP contribution in [0.15, 0.2) is 24.3 Å². The molecule has 0 bridgehead atoms. The summed E-state index contributed by atoms with van der Waals surface area (Å²) < 4.78 is 4.88. The number of anilines is 1. The highest BCUT2D eigenvalue weighted by molar-refractivity contribution is 6.30. The summed E-state index contributed by atoms with van der Waals surface area (Å²) in [6.07, 6.45) is 2.80. The molecule has 1 aromatic rings. The van der Waals surface area contributed by atoms with Gasteiger partial charge in [0.05, 0.1) is 6.61 Å². The fourth-order valence-corrected chi connectivity index (χ4v) is 3.10. The molecule has 1 saturated heterocycles. The van der Waals surface area contributed by atoms with E-state index in [1.165, 1.54) is 0 Å². The molecule has 2 rings (SSSR count). The van der Waals surface area contributed by atoms with E-state index in [-0.39, 0.29) is 12.1 Å². The molecule has 0 spiro atoms. The Morgan fingerprint density at radius 1 is 1.23 bits per heavy atom. The van der Waals surface area contributed by atoms with Crippen molar-refractivity contribution in [2.45, 2.75) is 19.3 Å². The van der Waals surface area contributed by atoms with Crippen molar-refractivity contribution >= 4 is 29.4 Å². The zero-order valence-electron chi connectivity index (χ0n) is 15.1. The van der Waals surface area contributed by atoms with Crippen molar-refractivity contribution in [1.29, 1.82) is 0 Å². The molecule has 0 atom stereocenters. The molecule has 0 saturated carbocycles. The van der Waals surface area contributed by atoms with Gasteiger partial charge in [-0.1, -0.05) is 17.7 Å². The fourth-order valence-electron chi connectivity index (χ4n) is 2.91. The fraction of sp³-hybridized carbons (Fsp3) is 0.556. The third-order valence-electron chi connectivity index (χ3n) is 4.41. The highest BCUT2D eigenvalue weighted by Gasteiger charge is 2.22. The molecule has 0 aromatic heterocycles.